The molecule has 0 amide bonds. The van der Waals surface area contributed by atoms with E-state index in [2.05, 4.69) is 56.6 Å². The molecule has 0 radical (unpaired) electrons. The smallest absolute Gasteiger partial charge is 0.264 e. The van der Waals surface area contributed by atoms with Crippen LogP contribution < -0.4 is 9.47 Å². The molecule has 0 bridgehead atoms. The predicted octanol–water partition coefficient (Wildman–Crippen LogP) is 10.2. The Morgan fingerprint density at radius 3 is 1.60 bits per heavy atom. The van der Waals surface area contributed by atoms with Crippen molar-refractivity contribution >= 4 is 65.7 Å². The highest BCUT2D eigenvalue weighted by molar-refractivity contribution is 7.86. The largest absolute Gasteiger partial charge is 0.493 e. The fourth-order valence-corrected chi connectivity index (χ4v) is 9.65. The van der Waals surface area contributed by atoms with E-state index in [9.17, 15) is 21.4 Å². The maximum Gasteiger partial charge on any atom is 0.264 e. The molecule has 0 saturated heterocycles. The molecule has 0 saturated carbocycles. The molecule has 15 heteroatoms. The summed E-state index contributed by atoms with van der Waals surface area (Å²) in [5.74, 6) is 0.458. The van der Waals surface area contributed by atoms with Crippen molar-refractivity contribution in [1.29, 1.82) is 0 Å². The van der Waals surface area contributed by atoms with E-state index in [-0.39, 0.29) is 37.6 Å². The van der Waals surface area contributed by atoms with Crippen LogP contribution in [0, 0.1) is 0 Å². The second-order valence-corrected chi connectivity index (χ2v) is 18.4. The summed E-state index contributed by atoms with van der Waals surface area (Å²) in [6.45, 7) is 0.447. The number of unbranched alkanes of at least 4 members (excludes halogenated alkanes) is 2. The molecule has 10 nitrogen and oxygen atoms in total. The van der Waals surface area contributed by atoms with Gasteiger partial charge in [-0.2, -0.15) is 25.6 Å². The summed E-state index contributed by atoms with van der Waals surface area (Å²) in [4.78, 5) is 3.34. The van der Waals surface area contributed by atoms with Crippen molar-refractivity contribution in [3.63, 3.8) is 0 Å². The first-order valence-electron chi connectivity index (χ1n) is 17.4. The van der Waals surface area contributed by atoms with Crippen LogP contribution in [0.3, 0.4) is 0 Å². The predicted molar refractivity (Wildman–Crippen MR) is 223 cm³/mol. The Bertz CT molecular complexity index is 2600. The number of thiophene rings is 2. The third-order valence-corrected chi connectivity index (χ3v) is 13.0. The Labute approximate surface area is 331 Å². The van der Waals surface area contributed by atoms with Crippen LogP contribution in [0.25, 0.3) is 64.6 Å². The molecular weight excluding hydrogens is 797 g/mol. The van der Waals surface area contributed by atoms with Gasteiger partial charge in [0.05, 0.1) is 36.4 Å². The van der Waals surface area contributed by atoms with Gasteiger partial charge in [-0.3, -0.25) is 9.11 Å². The zero-order chi connectivity index (χ0) is 38.4. The van der Waals surface area contributed by atoms with Crippen molar-refractivity contribution in [3.8, 4) is 65.1 Å². The molecule has 3 heterocycles. The fourth-order valence-electron chi connectivity index (χ4n) is 6.15. The molecule has 0 aliphatic heterocycles. The Morgan fingerprint density at radius 2 is 1.05 bits per heavy atom. The van der Waals surface area contributed by atoms with E-state index in [4.69, 9.17) is 14.0 Å². The number of nitrogens with zero attached hydrogens (tertiary/aromatic N) is 2. The minimum atomic E-state index is -4.07. The molecule has 4 aromatic carbocycles. The molecule has 0 aliphatic carbocycles. The van der Waals surface area contributed by atoms with Gasteiger partial charge < -0.3 is 9.47 Å². The number of hydrogen-bond donors (Lipinski definition) is 2. The van der Waals surface area contributed by atoms with Crippen molar-refractivity contribution in [2.24, 2.45) is 0 Å². The van der Waals surface area contributed by atoms with Gasteiger partial charge in [0, 0.05) is 36.9 Å². The molecule has 0 unspecified atom stereocenters. The van der Waals surface area contributed by atoms with Crippen molar-refractivity contribution in [2.45, 2.75) is 25.7 Å². The molecule has 55 heavy (non-hydrogen) atoms. The lowest BCUT2D eigenvalue weighted by molar-refractivity contribution is 0.302. The van der Waals surface area contributed by atoms with Crippen molar-refractivity contribution in [1.82, 2.24) is 8.75 Å². The maximum absolute atomic E-state index is 11.3. The molecule has 284 valence electrons. The standard InChI is InChI=1S/C40H36N2O8S5/c43-54(44,45)23-6-4-20-49-34-26-33(35(50-21-5-7-24-55(46,47)48)25-32(34)27-9-2-1-3-10-27)28-12-14-29(15-13-28)36-18-19-38(52-36)31-17-16-30(37-11-8-22-51-37)39-40(31)42-53-41-39/h1-3,8-19,22,25-26H,4-7,20-21,23-24H2,(H,43,44,45)(H,46,47,48). The molecule has 0 fully saturated rings. The van der Waals surface area contributed by atoms with E-state index in [1.165, 1.54) is 11.7 Å². The van der Waals surface area contributed by atoms with E-state index in [0.717, 1.165) is 64.6 Å². The number of fused-ring (bicyclic) bond motifs is 1. The quantitative estimate of drug-likeness (QED) is 0.0670. The second kappa shape index (κ2) is 17.1. The number of aromatic nitrogens is 2. The zero-order valence-electron chi connectivity index (χ0n) is 29.3. The summed E-state index contributed by atoms with van der Waals surface area (Å²) in [6, 6.07) is 34.2. The van der Waals surface area contributed by atoms with Gasteiger partial charge in [-0.25, -0.2) is 0 Å². The molecule has 0 aliphatic rings. The minimum absolute atomic E-state index is 0.221. The minimum Gasteiger partial charge on any atom is -0.493 e. The van der Waals surface area contributed by atoms with Crippen molar-refractivity contribution in [3.05, 3.63) is 109 Å². The molecule has 0 spiro atoms. The van der Waals surface area contributed by atoms with Gasteiger partial charge in [0.15, 0.2) is 0 Å². The van der Waals surface area contributed by atoms with E-state index >= 15 is 0 Å². The fraction of sp³-hybridized carbons (Fsp3) is 0.200. The first-order valence-corrected chi connectivity index (χ1v) is 23.1. The van der Waals surface area contributed by atoms with Crippen LogP contribution in [0.15, 0.2) is 109 Å². The molecule has 0 atom stereocenters. The van der Waals surface area contributed by atoms with Crippen LogP contribution in [-0.4, -0.2) is 59.4 Å². The van der Waals surface area contributed by atoms with Gasteiger partial charge in [-0.05, 0) is 78.1 Å². The van der Waals surface area contributed by atoms with Gasteiger partial charge >= 0.3 is 0 Å². The van der Waals surface area contributed by atoms with Crippen LogP contribution in [0.1, 0.15) is 25.7 Å². The van der Waals surface area contributed by atoms with Crippen molar-refractivity contribution in [2.75, 3.05) is 24.7 Å². The average molecular weight is 833 g/mol. The summed E-state index contributed by atoms with van der Waals surface area (Å²) in [5.41, 5.74) is 8.22. The first-order chi connectivity index (χ1) is 26.5. The SMILES string of the molecule is O=S(=O)(O)CCCCOc1cc(-c2ccc(-c3ccc(-c4ccc(-c5cccs5)c5nsnc45)s3)cc2)c(OCCCCS(=O)(=O)O)cc1-c1ccccc1. The van der Waals surface area contributed by atoms with E-state index in [1.807, 2.05) is 60.7 Å². The van der Waals surface area contributed by atoms with E-state index < -0.39 is 20.2 Å². The summed E-state index contributed by atoms with van der Waals surface area (Å²) >= 11 is 4.58. The van der Waals surface area contributed by atoms with Crippen LogP contribution in [-0.2, 0) is 20.2 Å². The van der Waals surface area contributed by atoms with Crippen molar-refractivity contribution < 1.29 is 35.4 Å². The van der Waals surface area contributed by atoms with Crippen LogP contribution >= 0.6 is 34.4 Å². The highest BCUT2D eigenvalue weighted by Crippen LogP contribution is 2.44. The highest BCUT2D eigenvalue weighted by atomic mass is 32.2. The van der Waals surface area contributed by atoms with E-state index in [0.29, 0.717) is 24.3 Å². The Morgan fingerprint density at radius 1 is 0.527 bits per heavy atom. The molecule has 7 rings (SSSR count). The summed E-state index contributed by atoms with van der Waals surface area (Å²) in [6.07, 6.45) is 1.31. The van der Waals surface area contributed by atoms with Gasteiger partial charge in [0.2, 0.25) is 0 Å². The monoisotopic (exact) mass is 832 g/mol. The lowest BCUT2D eigenvalue weighted by Gasteiger charge is -2.18. The van der Waals surface area contributed by atoms with Gasteiger partial charge in [0.1, 0.15) is 22.5 Å². The third-order valence-electron chi connectivity index (χ3n) is 8.83. The van der Waals surface area contributed by atoms with Gasteiger partial charge in [0.25, 0.3) is 20.2 Å². The molecular formula is C40H36N2O8S5. The van der Waals surface area contributed by atoms with Gasteiger partial charge in [-0.15, -0.1) is 22.7 Å². The van der Waals surface area contributed by atoms with Crippen LogP contribution in [0.5, 0.6) is 11.5 Å². The lowest BCUT2D eigenvalue weighted by atomic mass is 9.97. The lowest BCUT2D eigenvalue weighted by Crippen LogP contribution is -2.07. The van der Waals surface area contributed by atoms with Gasteiger partial charge in [-0.1, -0.05) is 72.8 Å². The summed E-state index contributed by atoms with van der Waals surface area (Å²) in [7, 11) is -8.14. The van der Waals surface area contributed by atoms with E-state index in [1.54, 1.807) is 22.7 Å². The van der Waals surface area contributed by atoms with Crippen LogP contribution in [0.4, 0.5) is 0 Å². The second-order valence-electron chi connectivity index (χ2n) is 12.7. The number of rotatable bonds is 17. The maximum atomic E-state index is 11.3. The van der Waals surface area contributed by atoms with Crippen LogP contribution in [0.2, 0.25) is 0 Å². The normalized spacial score (nSPS) is 12.0. The Hall–Kier alpha value is -4.48. The Kier molecular flexibility index (Phi) is 12.1. The zero-order valence-corrected chi connectivity index (χ0v) is 33.4. The average Bonchev–Trinajstić information content (AvgIpc) is 3.97. The molecule has 3 aromatic heterocycles. The highest BCUT2D eigenvalue weighted by Gasteiger charge is 2.18. The molecule has 7 aromatic rings. The third kappa shape index (κ3) is 9.86. The molecule has 2 N–H and O–H groups in total. The first kappa shape index (κ1) is 38.8. The number of hydrogen-bond acceptors (Lipinski definition) is 11. The topological polar surface area (TPSA) is 153 Å². The number of benzene rings is 4. The number of ether oxygens (including phenoxy) is 2. The Balaban J connectivity index is 1.18. The summed E-state index contributed by atoms with van der Waals surface area (Å²) in [5, 5.41) is 2.06. The summed E-state index contributed by atoms with van der Waals surface area (Å²) < 4.78 is 85.2.